The molecule has 0 aliphatic rings. The second-order valence-corrected chi connectivity index (χ2v) is 4.04. The van der Waals surface area contributed by atoms with Gasteiger partial charge in [0.2, 0.25) is 5.82 Å². The highest BCUT2D eigenvalue weighted by atomic mass is 16.5. The molecule has 0 saturated carbocycles. The van der Waals surface area contributed by atoms with Gasteiger partial charge in [0.25, 0.3) is 0 Å². The van der Waals surface area contributed by atoms with Crippen LogP contribution in [0.15, 0.2) is 36.4 Å². The highest BCUT2D eigenvalue weighted by Gasteiger charge is 2.09. The lowest BCUT2D eigenvalue weighted by Crippen LogP contribution is -2.10. The highest BCUT2D eigenvalue weighted by Crippen LogP contribution is 2.09. The first-order chi connectivity index (χ1) is 9.15. The van der Waals surface area contributed by atoms with E-state index >= 15 is 0 Å². The monoisotopic (exact) mass is 258 g/mol. The molecule has 5 heteroatoms. The van der Waals surface area contributed by atoms with Gasteiger partial charge in [-0.3, -0.25) is 0 Å². The van der Waals surface area contributed by atoms with Gasteiger partial charge < -0.3 is 9.84 Å². The normalized spacial score (nSPS) is 10.2. The van der Waals surface area contributed by atoms with E-state index in [-0.39, 0.29) is 5.82 Å². The number of para-hydroxylation sites is 1. The van der Waals surface area contributed by atoms with Crippen LogP contribution in [0.3, 0.4) is 0 Å². The smallest absolute Gasteiger partial charge is 0.373 e. The maximum Gasteiger partial charge on any atom is 0.373 e. The van der Waals surface area contributed by atoms with Crippen LogP contribution in [0.1, 0.15) is 22.0 Å². The lowest BCUT2D eigenvalue weighted by molar-refractivity contribution is 0.0682. The first kappa shape index (κ1) is 13.0. The molecule has 1 N–H and O–H groups in total. The number of benzene rings is 1. The van der Waals surface area contributed by atoms with Crippen molar-refractivity contribution >= 4 is 5.97 Å². The molecule has 98 valence electrons. The lowest BCUT2D eigenvalue weighted by atomic mass is 10.2. The van der Waals surface area contributed by atoms with Crippen molar-refractivity contribution in [1.29, 1.82) is 0 Å². The first-order valence-electron chi connectivity index (χ1n) is 5.91. The van der Waals surface area contributed by atoms with Crippen molar-refractivity contribution in [3.63, 3.8) is 0 Å². The molecule has 0 aliphatic heterocycles. The topological polar surface area (TPSA) is 72.3 Å². The molecular weight excluding hydrogens is 244 g/mol. The lowest BCUT2D eigenvalue weighted by Gasteiger charge is -2.06. The van der Waals surface area contributed by atoms with Gasteiger partial charge in [-0.05, 0) is 25.1 Å². The molecule has 0 saturated heterocycles. The minimum absolute atomic E-state index is 0.172. The fourth-order valence-corrected chi connectivity index (χ4v) is 1.65. The number of carboxylic acid groups (broad SMARTS) is 1. The zero-order valence-electron chi connectivity index (χ0n) is 10.5. The van der Waals surface area contributed by atoms with Gasteiger partial charge in [0.1, 0.15) is 5.75 Å². The molecule has 0 unspecified atom stereocenters. The maximum atomic E-state index is 10.8. The number of hydrogen-bond donors (Lipinski definition) is 1. The van der Waals surface area contributed by atoms with E-state index in [1.807, 2.05) is 30.3 Å². The molecule has 5 nitrogen and oxygen atoms in total. The molecule has 0 amide bonds. The summed E-state index contributed by atoms with van der Waals surface area (Å²) in [6.45, 7) is 2.19. The number of rotatable bonds is 5. The van der Waals surface area contributed by atoms with Crippen molar-refractivity contribution in [3.8, 4) is 5.75 Å². The Morgan fingerprint density at radius 3 is 2.68 bits per heavy atom. The van der Waals surface area contributed by atoms with Gasteiger partial charge in [0, 0.05) is 17.8 Å². The van der Waals surface area contributed by atoms with Crippen LogP contribution in [0.5, 0.6) is 5.75 Å². The summed E-state index contributed by atoms with van der Waals surface area (Å²) in [5.41, 5.74) is 1.31. The van der Waals surface area contributed by atoms with E-state index in [0.29, 0.717) is 24.4 Å². The quantitative estimate of drug-likeness (QED) is 0.889. The molecule has 0 aliphatic carbocycles. The molecule has 1 aromatic heterocycles. The number of aromatic carboxylic acids is 1. The van der Waals surface area contributed by atoms with Crippen LogP contribution < -0.4 is 4.74 Å². The number of aromatic nitrogens is 2. The Bertz CT molecular complexity index is 570. The van der Waals surface area contributed by atoms with Crippen molar-refractivity contribution in [2.45, 2.75) is 13.3 Å². The average Bonchev–Trinajstić information content (AvgIpc) is 2.39. The summed E-state index contributed by atoms with van der Waals surface area (Å²) in [5.74, 6) is -0.504. The van der Waals surface area contributed by atoms with E-state index in [2.05, 4.69) is 9.97 Å². The molecule has 1 aromatic carbocycles. The van der Waals surface area contributed by atoms with Crippen LogP contribution in [0.4, 0.5) is 0 Å². The molecule has 0 bridgehead atoms. The minimum atomic E-state index is -1.12. The van der Waals surface area contributed by atoms with Crippen LogP contribution in [0.2, 0.25) is 0 Å². The number of hydrogen-bond acceptors (Lipinski definition) is 4. The Labute approximate surface area is 110 Å². The zero-order chi connectivity index (χ0) is 13.7. The molecule has 0 radical (unpaired) electrons. The van der Waals surface area contributed by atoms with E-state index in [4.69, 9.17) is 9.84 Å². The van der Waals surface area contributed by atoms with Gasteiger partial charge in [-0.1, -0.05) is 18.2 Å². The van der Waals surface area contributed by atoms with Crippen molar-refractivity contribution < 1.29 is 14.6 Å². The molecule has 1 heterocycles. The van der Waals surface area contributed by atoms with Crippen molar-refractivity contribution in [3.05, 3.63) is 53.6 Å². The van der Waals surface area contributed by atoms with Crippen LogP contribution in [0.25, 0.3) is 0 Å². The van der Waals surface area contributed by atoms with E-state index in [1.54, 1.807) is 13.0 Å². The van der Waals surface area contributed by atoms with Crippen LogP contribution in [-0.2, 0) is 6.42 Å². The summed E-state index contributed by atoms with van der Waals surface area (Å²) in [4.78, 5) is 18.7. The summed E-state index contributed by atoms with van der Waals surface area (Å²) in [7, 11) is 0. The van der Waals surface area contributed by atoms with Gasteiger partial charge in [-0.2, -0.15) is 0 Å². The number of carboxylic acids is 1. The van der Waals surface area contributed by atoms with Gasteiger partial charge in [0.15, 0.2) is 0 Å². The SMILES string of the molecule is Cc1cc(CCOc2ccccc2)nc(C(=O)O)n1. The summed E-state index contributed by atoms with van der Waals surface area (Å²) in [5, 5.41) is 8.88. The fourth-order valence-electron chi connectivity index (χ4n) is 1.65. The van der Waals surface area contributed by atoms with Gasteiger partial charge in [-0.25, -0.2) is 14.8 Å². The summed E-state index contributed by atoms with van der Waals surface area (Å²) < 4.78 is 5.54. The second kappa shape index (κ2) is 5.95. The third-order valence-electron chi connectivity index (χ3n) is 2.47. The van der Waals surface area contributed by atoms with Crippen molar-refractivity contribution in [1.82, 2.24) is 9.97 Å². The van der Waals surface area contributed by atoms with Crippen LogP contribution in [0, 0.1) is 6.92 Å². The van der Waals surface area contributed by atoms with Crippen LogP contribution in [-0.4, -0.2) is 27.7 Å². The Hall–Kier alpha value is -2.43. The largest absolute Gasteiger partial charge is 0.493 e. The Morgan fingerprint density at radius 2 is 2.00 bits per heavy atom. The maximum absolute atomic E-state index is 10.8. The minimum Gasteiger partial charge on any atom is -0.493 e. The molecular formula is C14H14N2O3. The Kier molecular flexibility index (Phi) is 4.07. The third-order valence-corrected chi connectivity index (χ3v) is 2.47. The van der Waals surface area contributed by atoms with Crippen LogP contribution >= 0.6 is 0 Å². The summed E-state index contributed by atoms with van der Waals surface area (Å²) in [6.07, 6.45) is 0.540. The standard InChI is InChI=1S/C14H14N2O3/c1-10-9-11(16-13(15-10)14(17)18)7-8-19-12-5-3-2-4-6-12/h2-6,9H,7-8H2,1H3,(H,17,18). The van der Waals surface area contributed by atoms with Gasteiger partial charge >= 0.3 is 5.97 Å². The Morgan fingerprint density at radius 1 is 1.26 bits per heavy atom. The molecule has 0 atom stereocenters. The summed E-state index contributed by atoms with van der Waals surface area (Å²) >= 11 is 0. The Balaban J connectivity index is 1.98. The molecule has 2 rings (SSSR count). The first-order valence-corrected chi connectivity index (χ1v) is 5.91. The zero-order valence-corrected chi connectivity index (χ0v) is 10.5. The van der Waals surface area contributed by atoms with Crippen molar-refractivity contribution in [2.75, 3.05) is 6.61 Å². The average molecular weight is 258 g/mol. The molecule has 0 spiro atoms. The highest BCUT2D eigenvalue weighted by molar-refractivity contribution is 5.83. The van der Waals surface area contributed by atoms with E-state index in [0.717, 1.165) is 5.75 Å². The number of carbonyl (C=O) groups is 1. The molecule has 2 aromatic rings. The number of ether oxygens (including phenoxy) is 1. The summed E-state index contributed by atoms with van der Waals surface area (Å²) in [6, 6.07) is 11.2. The predicted molar refractivity (Wildman–Crippen MR) is 69.4 cm³/mol. The fraction of sp³-hybridized carbons (Fsp3) is 0.214. The number of nitrogens with zero attached hydrogens (tertiary/aromatic N) is 2. The number of aryl methyl sites for hydroxylation is 1. The van der Waals surface area contributed by atoms with Gasteiger partial charge in [-0.15, -0.1) is 0 Å². The van der Waals surface area contributed by atoms with E-state index in [9.17, 15) is 4.79 Å². The third kappa shape index (κ3) is 3.77. The second-order valence-electron chi connectivity index (χ2n) is 4.04. The molecule has 19 heavy (non-hydrogen) atoms. The van der Waals surface area contributed by atoms with Gasteiger partial charge in [0.05, 0.1) is 6.61 Å². The predicted octanol–water partition coefficient (Wildman–Crippen LogP) is 2.10. The van der Waals surface area contributed by atoms with E-state index in [1.165, 1.54) is 0 Å². The molecule has 0 fully saturated rings. The van der Waals surface area contributed by atoms with E-state index < -0.39 is 5.97 Å². The van der Waals surface area contributed by atoms with Crippen molar-refractivity contribution in [2.24, 2.45) is 0 Å².